The van der Waals surface area contributed by atoms with Crippen LogP contribution in [-0.4, -0.2) is 44.1 Å². The third kappa shape index (κ3) is 3.26. The van der Waals surface area contributed by atoms with Crippen LogP contribution in [0.25, 0.3) is 22.9 Å². The van der Waals surface area contributed by atoms with Gasteiger partial charge in [-0.25, -0.2) is 12.7 Å². The molecule has 0 fully saturated rings. The number of aromatic nitrogens is 2. The lowest BCUT2D eigenvalue weighted by molar-refractivity contribution is 0.414. The summed E-state index contributed by atoms with van der Waals surface area (Å²) in [4.78, 5) is 0.159. The van der Waals surface area contributed by atoms with Gasteiger partial charge in [0.05, 0.1) is 17.6 Å². The molecule has 0 N–H and O–H groups in total. The maximum absolute atomic E-state index is 12.3. The van der Waals surface area contributed by atoms with Crippen LogP contribution in [0.15, 0.2) is 57.8 Å². The number of para-hydroxylation sites is 1. The highest BCUT2D eigenvalue weighted by molar-refractivity contribution is 7.89. The van der Waals surface area contributed by atoms with Crippen molar-refractivity contribution in [3.63, 3.8) is 0 Å². The molecular formula is C17H17N3O4S. The smallest absolute Gasteiger partial charge is 0.251 e. The fourth-order valence-electron chi connectivity index (χ4n) is 2.27. The number of methoxy groups -OCH3 is 1. The molecule has 0 atom stereocenters. The summed E-state index contributed by atoms with van der Waals surface area (Å²) in [7, 11) is 0.983. The van der Waals surface area contributed by atoms with E-state index in [1.165, 1.54) is 26.2 Å². The molecule has 0 aliphatic rings. The van der Waals surface area contributed by atoms with Crippen LogP contribution in [-0.2, 0) is 10.0 Å². The van der Waals surface area contributed by atoms with Gasteiger partial charge >= 0.3 is 0 Å². The second-order valence-electron chi connectivity index (χ2n) is 5.43. The molecule has 0 spiro atoms. The summed E-state index contributed by atoms with van der Waals surface area (Å²) < 4.78 is 36.7. The lowest BCUT2D eigenvalue weighted by Crippen LogP contribution is -2.22. The van der Waals surface area contributed by atoms with E-state index in [9.17, 15) is 8.42 Å². The van der Waals surface area contributed by atoms with E-state index in [4.69, 9.17) is 9.15 Å². The third-order valence-corrected chi connectivity index (χ3v) is 5.43. The molecule has 1 heterocycles. The van der Waals surface area contributed by atoms with Crippen LogP contribution in [0.3, 0.4) is 0 Å². The fourth-order valence-corrected chi connectivity index (χ4v) is 3.22. The third-order valence-electron chi connectivity index (χ3n) is 3.62. The highest BCUT2D eigenvalue weighted by Gasteiger charge is 2.19. The number of hydrogen-bond acceptors (Lipinski definition) is 6. The van der Waals surface area contributed by atoms with Gasteiger partial charge in [-0.05, 0) is 30.3 Å². The second-order valence-corrected chi connectivity index (χ2v) is 7.58. The minimum absolute atomic E-state index is 0.159. The Morgan fingerprint density at radius 1 is 1.00 bits per heavy atom. The summed E-state index contributed by atoms with van der Waals surface area (Å²) >= 11 is 0. The van der Waals surface area contributed by atoms with Crippen molar-refractivity contribution < 1.29 is 17.6 Å². The van der Waals surface area contributed by atoms with Crippen molar-refractivity contribution >= 4 is 10.0 Å². The van der Waals surface area contributed by atoms with E-state index in [1.807, 2.05) is 18.2 Å². The largest absolute Gasteiger partial charge is 0.496 e. The molecule has 2 aromatic carbocycles. The first-order valence-electron chi connectivity index (χ1n) is 7.43. The Bertz CT molecular complexity index is 996. The normalized spacial score (nSPS) is 11.7. The standard InChI is InChI=1S/C17H17N3O4S/c1-20(2)25(21,22)13-8-6-7-12(11-13)16-18-19-17(24-16)14-9-4-5-10-15(14)23-3/h4-11H,1-3H3. The first-order chi connectivity index (χ1) is 11.9. The molecule has 1 aromatic heterocycles. The van der Waals surface area contributed by atoms with E-state index in [1.54, 1.807) is 25.3 Å². The maximum Gasteiger partial charge on any atom is 0.251 e. The quantitative estimate of drug-likeness (QED) is 0.696. The predicted molar refractivity (Wildman–Crippen MR) is 92.6 cm³/mol. The summed E-state index contributed by atoms with van der Waals surface area (Å²) in [5, 5.41) is 8.07. The molecule has 0 saturated heterocycles. The summed E-state index contributed by atoms with van der Waals surface area (Å²) in [6, 6.07) is 13.7. The Balaban J connectivity index is 2.01. The zero-order chi connectivity index (χ0) is 18.0. The molecule has 25 heavy (non-hydrogen) atoms. The molecule has 3 aromatic rings. The van der Waals surface area contributed by atoms with Gasteiger partial charge in [0.2, 0.25) is 15.9 Å². The van der Waals surface area contributed by atoms with E-state index >= 15 is 0 Å². The van der Waals surface area contributed by atoms with Crippen LogP contribution in [0.5, 0.6) is 5.75 Å². The number of sulfonamides is 1. The molecule has 7 nitrogen and oxygen atoms in total. The summed E-state index contributed by atoms with van der Waals surface area (Å²) in [5.41, 5.74) is 1.19. The zero-order valence-electron chi connectivity index (χ0n) is 14.0. The highest BCUT2D eigenvalue weighted by Crippen LogP contribution is 2.31. The van der Waals surface area contributed by atoms with Gasteiger partial charge < -0.3 is 9.15 Å². The lowest BCUT2D eigenvalue weighted by atomic mass is 10.2. The molecule has 0 aliphatic carbocycles. The van der Waals surface area contributed by atoms with Crippen LogP contribution in [0, 0.1) is 0 Å². The van der Waals surface area contributed by atoms with Crippen molar-refractivity contribution in [1.82, 2.24) is 14.5 Å². The number of ether oxygens (including phenoxy) is 1. The minimum atomic E-state index is -3.54. The van der Waals surface area contributed by atoms with Crippen molar-refractivity contribution in [3.05, 3.63) is 48.5 Å². The topological polar surface area (TPSA) is 85.5 Å². The maximum atomic E-state index is 12.3. The first kappa shape index (κ1) is 17.1. The predicted octanol–water partition coefficient (Wildman–Crippen LogP) is 2.66. The number of nitrogens with zero attached hydrogens (tertiary/aromatic N) is 3. The van der Waals surface area contributed by atoms with Crippen molar-refractivity contribution in [3.8, 4) is 28.7 Å². The molecule has 8 heteroatoms. The number of rotatable bonds is 5. The van der Waals surface area contributed by atoms with Crippen molar-refractivity contribution in [1.29, 1.82) is 0 Å². The molecule has 3 rings (SSSR count). The average Bonchev–Trinajstić information content (AvgIpc) is 3.11. The Hall–Kier alpha value is -2.71. The van der Waals surface area contributed by atoms with Crippen molar-refractivity contribution in [2.75, 3.05) is 21.2 Å². The van der Waals surface area contributed by atoms with E-state index in [2.05, 4.69) is 10.2 Å². The minimum Gasteiger partial charge on any atom is -0.496 e. The summed E-state index contributed by atoms with van der Waals surface area (Å²) in [6.45, 7) is 0. The van der Waals surface area contributed by atoms with Gasteiger partial charge in [0.25, 0.3) is 5.89 Å². The highest BCUT2D eigenvalue weighted by atomic mass is 32.2. The molecule has 0 unspecified atom stereocenters. The van der Waals surface area contributed by atoms with E-state index in [0.717, 1.165) is 4.31 Å². The summed E-state index contributed by atoms with van der Waals surface area (Å²) in [6.07, 6.45) is 0. The molecule has 0 bridgehead atoms. The van der Waals surface area contributed by atoms with Crippen LogP contribution >= 0.6 is 0 Å². The molecule has 0 amide bonds. The number of benzene rings is 2. The van der Waals surface area contributed by atoms with Crippen LogP contribution < -0.4 is 4.74 Å². The SMILES string of the molecule is COc1ccccc1-c1nnc(-c2cccc(S(=O)(=O)N(C)C)c2)o1. The number of hydrogen-bond donors (Lipinski definition) is 0. The van der Waals surface area contributed by atoms with Crippen LogP contribution in [0.4, 0.5) is 0 Å². The zero-order valence-corrected chi connectivity index (χ0v) is 14.8. The molecule has 130 valence electrons. The lowest BCUT2D eigenvalue weighted by Gasteiger charge is -2.11. The fraction of sp³-hybridized carbons (Fsp3) is 0.176. The van der Waals surface area contributed by atoms with E-state index < -0.39 is 10.0 Å². The Labute approximate surface area is 145 Å². The van der Waals surface area contributed by atoms with Crippen LogP contribution in [0.1, 0.15) is 0 Å². The summed E-state index contributed by atoms with van der Waals surface area (Å²) in [5.74, 6) is 1.15. The monoisotopic (exact) mass is 359 g/mol. The Morgan fingerprint density at radius 2 is 1.72 bits per heavy atom. The van der Waals surface area contributed by atoms with E-state index in [0.29, 0.717) is 22.8 Å². The molecular weight excluding hydrogens is 342 g/mol. The van der Waals surface area contributed by atoms with Crippen LogP contribution in [0.2, 0.25) is 0 Å². The van der Waals surface area contributed by atoms with Crippen molar-refractivity contribution in [2.24, 2.45) is 0 Å². The van der Waals surface area contributed by atoms with Gasteiger partial charge in [0, 0.05) is 19.7 Å². The van der Waals surface area contributed by atoms with Crippen molar-refractivity contribution in [2.45, 2.75) is 4.90 Å². The average molecular weight is 359 g/mol. The van der Waals surface area contributed by atoms with Gasteiger partial charge in [-0.3, -0.25) is 0 Å². The second kappa shape index (κ2) is 6.66. The Kier molecular flexibility index (Phi) is 4.56. The molecule has 0 saturated carbocycles. The van der Waals surface area contributed by atoms with Gasteiger partial charge in [-0.15, -0.1) is 10.2 Å². The van der Waals surface area contributed by atoms with E-state index in [-0.39, 0.29) is 10.8 Å². The van der Waals surface area contributed by atoms with Gasteiger partial charge in [-0.2, -0.15) is 0 Å². The molecule has 0 radical (unpaired) electrons. The van der Waals surface area contributed by atoms with Gasteiger partial charge in [0.15, 0.2) is 0 Å². The molecule has 0 aliphatic heterocycles. The van der Waals surface area contributed by atoms with Gasteiger partial charge in [-0.1, -0.05) is 18.2 Å². The van der Waals surface area contributed by atoms with Gasteiger partial charge in [0.1, 0.15) is 5.75 Å². The first-order valence-corrected chi connectivity index (χ1v) is 8.87. The Morgan fingerprint density at radius 3 is 2.44 bits per heavy atom.